The van der Waals surface area contributed by atoms with Crippen LogP contribution in [0, 0.1) is 0 Å². The third-order valence-corrected chi connectivity index (χ3v) is 2.84. The van der Waals surface area contributed by atoms with E-state index >= 15 is 0 Å². The first-order valence-corrected chi connectivity index (χ1v) is 5.16. The Hall–Kier alpha value is -0.800. The molecular weight excluding hydrogens is 180 g/mol. The van der Waals surface area contributed by atoms with E-state index in [9.17, 15) is 10.2 Å². The van der Waals surface area contributed by atoms with Crippen molar-refractivity contribution in [2.24, 2.45) is 0 Å². The third-order valence-electron chi connectivity index (χ3n) is 2.84. The van der Waals surface area contributed by atoms with Gasteiger partial charge in [0, 0.05) is 12.8 Å². The van der Waals surface area contributed by atoms with Crippen LogP contribution >= 0.6 is 0 Å². The van der Waals surface area contributed by atoms with Crippen LogP contribution in [0.25, 0.3) is 0 Å². The van der Waals surface area contributed by atoms with Gasteiger partial charge in [-0.05, 0) is 17.5 Å². The summed E-state index contributed by atoms with van der Waals surface area (Å²) in [6.07, 6.45) is 3.51. The molecule has 3 heteroatoms. The fourth-order valence-electron chi connectivity index (χ4n) is 2.03. The van der Waals surface area contributed by atoms with Crippen LogP contribution in [0.2, 0.25) is 0 Å². The molecule has 1 heterocycles. The van der Waals surface area contributed by atoms with Gasteiger partial charge < -0.3 is 14.6 Å². The predicted octanol–water partition coefficient (Wildman–Crippen LogP) is 1.05. The van der Waals surface area contributed by atoms with Gasteiger partial charge in [-0.15, -0.1) is 0 Å². The molecule has 0 radical (unpaired) electrons. The number of aryl methyl sites for hydroxylation is 1. The maximum Gasteiger partial charge on any atom is 0.110 e. The van der Waals surface area contributed by atoms with Crippen molar-refractivity contribution in [3.05, 3.63) is 23.2 Å². The molecule has 0 bridgehead atoms. The lowest BCUT2D eigenvalue weighted by Gasteiger charge is -2.22. The lowest BCUT2D eigenvalue weighted by molar-refractivity contribution is 0.0101. The Morgan fingerprint density at radius 3 is 2.79 bits per heavy atom. The zero-order valence-corrected chi connectivity index (χ0v) is 8.36. The molecule has 14 heavy (non-hydrogen) atoms. The van der Waals surface area contributed by atoms with Crippen LogP contribution in [0.1, 0.15) is 30.2 Å². The molecule has 2 atom stereocenters. The summed E-state index contributed by atoms with van der Waals surface area (Å²) in [4.78, 5) is 0. The smallest absolute Gasteiger partial charge is 0.110 e. The molecule has 0 fully saturated rings. The molecule has 1 aliphatic rings. The zero-order valence-electron chi connectivity index (χ0n) is 8.36. The van der Waals surface area contributed by atoms with E-state index in [1.54, 1.807) is 6.26 Å². The van der Waals surface area contributed by atoms with Gasteiger partial charge in [0.2, 0.25) is 0 Å². The lowest BCUT2D eigenvalue weighted by atomic mass is 9.90. The van der Waals surface area contributed by atoms with E-state index in [4.69, 9.17) is 4.42 Å². The summed E-state index contributed by atoms with van der Waals surface area (Å²) in [5.41, 5.74) is 2.30. The van der Waals surface area contributed by atoms with Crippen LogP contribution in [-0.4, -0.2) is 22.4 Å². The summed E-state index contributed by atoms with van der Waals surface area (Å²) in [7, 11) is 0. The molecule has 0 amide bonds. The minimum atomic E-state index is -0.664. The van der Waals surface area contributed by atoms with Crippen molar-refractivity contribution in [1.29, 1.82) is 0 Å². The van der Waals surface area contributed by atoms with E-state index < -0.39 is 12.2 Å². The topological polar surface area (TPSA) is 53.6 Å². The molecule has 2 N–H and O–H groups in total. The number of fused-ring (bicyclic) bond motifs is 1. The maximum absolute atomic E-state index is 9.54. The summed E-state index contributed by atoms with van der Waals surface area (Å²) in [5.74, 6) is 0.853. The van der Waals surface area contributed by atoms with Crippen molar-refractivity contribution in [2.75, 3.05) is 0 Å². The van der Waals surface area contributed by atoms with Crippen LogP contribution in [-0.2, 0) is 19.3 Å². The summed E-state index contributed by atoms with van der Waals surface area (Å²) < 4.78 is 5.39. The Bertz CT molecular complexity index is 303. The number of furan rings is 1. The van der Waals surface area contributed by atoms with Gasteiger partial charge in [0.05, 0.1) is 18.5 Å². The summed E-state index contributed by atoms with van der Waals surface area (Å²) >= 11 is 0. The SMILES string of the molecule is CCCc1coc2c1CC(O)C(O)C2. The highest BCUT2D eigenvalue weighted by Crippen LogP contribution is 2.27. The molecule has 0 saturated heterocycles. The number of hydrogen-bond acceptors (Lipinski definition) is 3. The van der Waals surface area contributed by atoms with E-state index in [0.717, 1.165) is 24.2 Å². The molecule has 1 aromatic heterocycles. The van der Waals surface area contributed by atoms with Crippen molar-refractivity contribution in [3.63, 3.8) is 0 Å². The minimum absolute atomic E-state index is 0.445. The molecule has 2 unspecified atom stereocenters. The van der Waals surface area contributed by atoms with Gasteiger partial charge in [-0.1, -0.05) is 13.3 Å². The first-order valence-electron chi connectivity index (χ1n) is 5.16. The monoisotopic (exact) mass is 196 g/mol. The van der Waals surface area contributed by atoms with Gasteiger partial charge in [-0.3, -0.25) is 0 Å². The number of rotatable bonds is 2. The largest absolute Gasteiger partial charge is 0.469 e. The number of aliphatic hydroxyl groups excluding tert-OH is 2. The summed E-state index contributed by atoms with van der Waals surface area (Å²) in [5, 5.41) is 19.0. The Balaban J connectivity index is 2.26. The summed E-state index contributed by atoms with van der Waals surface area (Å²) in [6, 6.07) is 0. The fourth-order valence-corrected chi connectivity index (χ4v) is 2.03. The molecule has 78 valence electrons. The molecule has 1 aliphatic carbocycles. The van der Waals surface area contributed by atoms with E-state index in [0.29, 0.717) is 12.8 Å². The standard InChI is InChI=1S/C11H16O3/c1-2-3-7-6-14-11-5-10(13)9(12)4-8(7)11/h6,9-10,12-13H,2-5H2,1H3. The molecule has 0 aliphatic heterocycles. The molecule has 3 nitrogen and oxygen atoms in total. The molecule has 0 spiro atoms. The fraction of sp³-hybridized carbons (Fsp3) is 0.636. The van der Waals surface area contributed by atoms with Crippen molar-refractivity contribution in [2.45, 2.75) is 44.8 Å². The van der Waals surface area contributed by atoms with Gasteiger partial charge >= 0.3 is 0 Å². The van der Waals surface area contributed by atoms with Gasteiger partial charge in [0.1, 0.15) is 5.76 Å². The number of aliphatic hydroxyl groups is 2. The Labute approximate surface area is 83.4 Å². The van der Waals surface area contributed by atoms with Crippen LogP contribution in [0.15, 0.2) is 10.7 Å². The van der Waals surface area contributed by atoms with E-state index in [-0.39, 0.29) is 0 Å². The lowest BCUT2D eigenvalue weighted by Crippen LogP contribution is -2.34. The van der Waals surface area contributed by atoms with Crippen molar-refractivity contribution < 1.29 is 14.6 Å². The highest BCUT2D eigenvalue weighted by atomic mass is 16.3. The van der Waals surface area contributed by atoms with Gasteiger partial charge in [-0.2, -0.15) is 0 Å². The average Bonchev–Trinajstić information content (AvgIpc) is 2.51. The average molecular weight is 196 g/mol. The first-order chi connectivity index (χ1) is 6.72. The second kappa shape index (κ2) is 3.75. The van der Waals surface area contributed by atoms with Crippen molar-refractivity contribution in [3.8, 4) is 0 Å². The first kappa shape index (κ1) is 9.74. The summed E-state index contributed by atoms with van der Waals surface area (Å²) in [6.45, 7) is 2.12. The van der Waals surface area contributed by atoms with Crippen molar-refractivity contribution >= 4 is 0 Å². The molecular formula is C11H16O3. The molecule has 1 aromatic rings. The highest BCUT2D eigenvalue weighted by molar-refractivity contribution is 5.32. The normalized spacial score (nSPS) is 26.2. The predicted molar refractivity (Wildman–Crippen MR) is 52.1 cm³/mol. The van der Waals surface area contributed by atoms with Gasteiger partial charge in [0.25, 0.3) is 0 Å². The van der Waals surface area contributed by atoms with Crippen LogP contribution < -0.4 is 0 Å². The van der Waals surface area contributed by atoms with Crippen LogP contribution in [0.3, 0.4) is 0 Å². The molecule has 0 saturated carbocycles. The van der Waals surface area contributed by atoms with Crippen LogP contribution in [0.5, 0.6) is 0 Å². The van der Waals surface area contributed by atoms with E-state index in [2.05, 4.69) is 6.92 Å². The molecule has 0 aromatic carbocycles. The van der Waals surface area contributed by atoms with Crippen LogP contribution in [0.4, 0.5) is 0 Å². The van der Waals surface area contributed by atoms with E-state index in [1.165, 1.54) is 5.56 Å². The number of hydrogen-bond donors (Lipinski definition) is 2. The second-order valence-corrected chi connectivity index (χ2v) is 3.96. The van der Waals surface area contributed by atoms with Crippen molar-refractivity contribution in [1.82, 2.24) is 0 Å². The maximum atomic E-state index is 9.54. The van der Waals surface area contributed by atoms with Gasteiger partial charge in [0.15, 0.2) is 0 Å². The third kappa shape index (κ3) is 1.57. The molecule has 2 rings (SSSR count). The highest BCUT2D eigenvalue weighted by Gasteiger charge is 2.29. The Morgan fingerprint density at radius 2 is 2.07 bits per heavy atom. The minimum Gasteiger partial charge on any atom is -0.469 e. The zero-order chi connectivity index (χ0) is 10.1. The Kier molecular flexibility index (Phi) is 2.61. The Morgan fingerprint density at radius 1 is 1.36 bits per heavy atom. The van der Waals surface area contributed by atoms with E-state index in [1.807, 2.05) is 0 Å². The quantitative estimate of drug-likeness (QED) is 0.743. The second-order valence-electron chi connectivity index (χ2n) is 3.96. The van der Waals surface area contributed by atoms with Gasteiger partial charge in [-0.25, -0.2) is 0 Å².